The van der Waals surface area contributed by atoms with Crippen LogP contribution in [-0.4, -0.2) is 18.5 Å². The van der Waals surface area contributed by atoms with Crippen LogP contribution in [0, 0.1) is 11.8 Å². The molecule has 0 aliphatic heterocycles. The van der Waals surface area contributed by atoms with Gasteiger partial charge in [-0.15, -0.1) is 0 Å². The van der Waals surface area contributed by atoms with Crippen LogP contribution in [0.15, 0.2) is 24.3 Å². The van der Waals surface area contributed by atoms with E-state index in [2.05, 4.69) is 37.5 Å². The predicted molar refractivity (Wildman–Crippen MR) is 88.7 cm³/mol. The summed E-state index contributed by atoms with van der Waals surface area (Å²) in [6.07, 6.45) is 4.87. The van der Waals surface area contributed by atoms with Crippen molar-refractivity contribution in [1.82, 2.24) is 5.32 Å². The van der Waals surface area contributed by atoms with Gasteiger partial charge in [0.05, 0.1) is 0 Å². The summed E-state index contributed by atoms with van der Waals surface area (Å²) in [7, 11) is 0. The molecular formula is C18H28N2O. The van der Waals surface area contributed by atoms with E-state index in [4.69, 9.17) is 0 Å². The van der Waals surface area contributed by atoms with Crippen molar-refractivity contribution < 1.29 is 4.79 Å². The van der Waals surface area contributed by atoms with Gasteiger partial charge in [0, 0.05) is 23.8 Å². The second-order valence-corrected chi connectivity index (χ2v) is 6.39. The van der Waals surface area contributed by atoms with Gasteiger partial charge < -0.3 is 10.6 Å². The molecule has 21 heavy (non-hydrogen) atoms. The smallest absolute Gasteiger partial charge is 0.251 e. The molecule has 1 aliphatic carbocycles. The fourth-order valence-electron chi connectivity index (χ4n) is 3.25. The van der Waals surface area contributed by atoms with Gasteiger partial charge in [-0.2, -0.15) is 0 Å². The SMILES string of the molecule is CCCNC(=O)c1cccc(NC2C(C)CCCC2C)c1. The number of nitrogens with one attached hydrogen (secondary N) is 2. The van der Waals surface area contributed by atoms with Crippen molar-refractivity contribution in [1.29, 1.82) is 0 Å². The lowest BCUT2D eigenvalue weighted by molar-refractivity contribution is 0.0953. The highest BCUT2D eigenvalue weighted by molar-refractivity contribution is 5.95. The Morgan fingerprint density at radius 1 is 1.24 bits per heavy atom. The molecule has 0 radical (unpaired) electrons. The first-order chi connectivity index (χ1) is 10.1. The first kappa shape index (κ1) is 15.9. The molecule has 2 unspecified atom stereocenters. The molecule has 2 rings (SSSR count). The van der Waals surface area contributed by atoms with Crippen LogP contribution in [-0.2, 0) is 0 Å². The summed E-state index contributed by atoms with van der Waals surface area (Å²) in [6, 6.07) is 8.38. The Balaban J connectivity index is 2.05. The van der Waals surface area contributed by atoms with Gasteiger partial charge in [-0.05, 0) is 49.3 Å². The maximum absolute atomic E-state index is 12.0. The molecule has 0 heterocycles. The van der Waals surface area contributed by atoms with Gasteiger partial charge >= 0.3 is 0 Å². The third-order valence-corrected chi connectivity index (χ3v) is 4.54. The van der Waals surface area contributed by atoms with Crippen molar-refractivity contribution in [3.63, 3.8) is 0 Å². The molecule has 0 bridgehead atoms. The molecule has 2 N–H and O–H groups in total. The Labute approximate surface area is 128 Å². The highest BCUT2D eigenvalue weighted by Crippen LogP contribution is 2.31. The van der Waals surface area contributed by atoms with Crippen LogP contribution in [0.1, 0.15) is 56.8 Å². The van der Waals surface area contributed by atoms with Crippen molar-refractivity contribution in [2.75, 3.05) is 11.9 Å². The van der Waals surface area contributed by atoms with Gasteiger partial charge in [0.1, 0.15) is 0 Å². The number of hydrogen-bond donors (Lipinski definition) is 2. The van der Waals surface area contributed by atoms with Gasteiger partial charge in [-0.25, -0.2) is 0 Å². The van der Waals surface area contributed by atoms with E-state index >= 15 is 0 Å². The number of carbonyl (C=O) groups excluding carboxylic acids is 1. The fraction of sp³-hybridized carbons (Fsp3) is 0.611. The fourth-order valence-corrected chi connectivity index (χ4v) is 3.25. The average molecular weight is 288 g/mol. The van der Waals surface area contributed by atoms with E-state index in [9.17, 15) is 4.79 Å². The molecular weight excluding hydrogens is 260 g/mol. The molecule has 0 aromatic heterocycles. The molecule has 116 valence electrons. The highest BCUT2D eigenvalue weighted by Gasteiger charge is 2.27. The van der Waals surface area contributed by atoms with Crippen molar-refractivity contribution in [3.05, 3.63) is 29.8 Å². The molecule has 3 nitrogen and oxygen atoms in total. The van der Waals surface area contributed by atoms with Gasteiger partial charge in [-0.3, -0.25) is 4.79 Å². The van der Waals surface area contributed by atoms with Crippen LogP contribution in [0.4, 0.5) is 5.69 Å². The summed E-state index contributed by atoms with van der Waals surface area (Å²) in [5.41, 5.74) is 1.80. The molecule has 1 aromatic carbocycles. The lowest BCUT2D eigenvalue weighted by atomic mass is 9.78. The minimum absolute atomic E-state index is 0.0187. The Hall–Kier alpha value is -1.51. The van der Waals surface area contributed by atoms with E-state index in [0.717, 1.165) is 24.2 Å². The molecule has 1 aliphatic rings. The van der Waals surface area contributed by atoms with Gasteiger partial charge in [-0.1, -0.05) is 33.3 Å². The quantitative estimate of drug-likeness (QED) is 0.857. The van der Waals surface area contributed by atoms with Crippen LogP contribution in [0.3, 0.4) is 0 Å². The molecule has 2 atom stereocenters. The third kappa shape index (κ3) is 4.23. The van der Waals surface area contributed by atoms with E-state index in [1.807, 2.05) is 18.2 Å². The summed E-state index contributed by atoms with van der Waals surface area (Å²) >= 11 is 0. The zero-order valence-corrected chi connectivity index (χ0v) is 13.5. The molecule has 3 heteroatoms. The summed E-state index contributed by atoms with van der Waals surface area (Å²) in [4.78, 5) is 12.0. The number of hydrogen-bond acceptors (Lipinski definition) is 2. The Morgan fingerprint density at radius 3 is 2.62 bits per heavy atom. The lowest BCUT2D eigenvalue weighted by Crippen LogP contribution is -2.37. The normalized spacial score (nSPS) is 25.4. The highest BCUT2D eigenvalue weighted by atomic mass is 16.1. The number of anilines is 1. The van der Waals surface area contributed by atoms with Crippen LogP contribution in [0.25, 0.3) is 0 Å². The predicted octanol–water partition coefficient (Wildman–Crippen LogP) is 4.06. The van der Waals surface area contributed by atoms with Crippen LogP contribution in [0.2, 0.25) is 0 Å². The maximum atomic E-state index is 12.0. The first-order valence-electron chi connectivity index (χ1n) is 8.26. The molecule has 1 aromatic rings. The van der Waals surface area contributed by atoms with E-state index in [0.29, 0.717) is 17.9 Å². The van der Waals surface area contributed by atoms with Crippen LogP contribution < -0.4 is 10.6 Å². The average Bonchev–Trinajstić information content (AvgIpc) is 2.49. The zero-order valence-electron chi connectivity index (χ0n) is 13.5. The monoisotopic (exact) mass is 288 g/mol. The number of amides is 1. The van der Waals surface area contributed by atoms with Gasteiger partial charge in [0.15, 0.2) is 0 Å². The van der Waals surface area contributed by atoms with Crippen LogP contribution >= 0.6 is 0 Å². The maximum Gasteiger partial charge on any atom is 0.251 e. The van der Waals surface area contributed by atoms with Gasteiger partial charge in [0.25, 0.3) is 5.91 Å². The molecule has 0 spiro atoms. The van der Waals surface area contributed by atoms with E-state index in [1.54, 1.807) is 0 Å². The summed E-state index contributed by atoms with van der Waals surface area (Å²) in [5, 5.41) is 6.58. The topological polar surface area (TPSA) is 41.1 Å². The summed E-state index contributed by atoms with van der Waals surface area (Å²) < 4.78 is 0. The molecule has 1 fully saturated rings. The second-order valence-electron chi connectivity index (χ2n) is 6.39. The summed E-state index contributed by atoms with van der Waals surface area (Å²) in [5.74, 6) is 1.39. The largest absolute Gasteiger partial charge is 0.382 e. The van der Waals surface area contributed by atoms with Gasteiger partial charge in [0.2, 0.25) is 0 Å². The standard InChI is InChI=1S/C18H28N2O/c1-4-11-19-18(21)15-9-6-10-16(12-15)20-17-13(2)7-5-8-14(17)3/h6,9-10,12-14,17,20H,4-5,7-8,11H2,1-3H3,(H,19,21). The molecule has 1 saturated carbocycles. The lowest BCUT2D eigenvalue weighted by Gasteiger charge is -2.36. The zero-order chi connectivity index (χ0) is 15.2. The number of carbonyl (C=O) groups is 1. The Bertz CT molecular complexity index is 462. The Morgan fingerprint density at radius 2 is 1.95 bits per heavy atom. The van der Waals surface area contributed by atoms with E-state index in [1.165, 1.54) is 19.3 Å². The summed E-state index contributed by atoms with van der Waals surface area (Å²) in [6.45, 7) is 7.44. The number of benzene rings is 1. The van der Waals surface area contributed by atoms with Crippen molar-refractivity contribution in [2.45, 2.75) is 52.5 Å². The second kappa shape index (κ2) is 7.48. The van der Waals surface area contributed by atoms with Crippen molar-refractivity contribution in [3.8, 4) is 0 Å². The minimum atomic E-state index is 0.0187. The van der Waals surface area contributed by atoms with E-state index in [-0.39, 0.29) is 5.91 Å². The van der Waals surface area contributed by atoms with Crippen molar-refractivity contribution in [2.24, 2.45) is 11.8 Å². The third-order valence-electron chi connectivity index (χ3n) is 4.54. The minimum Gasteiger partial charge on any atom is -0.382 e. The first-order valence-corrected chi connectivity index (χ1v) is 8.26. The number of rotatable bonds is 5. The molecule has 1 amide bonds. The Kier molecular flexibility index (Phi) is 5.66. The van der Waals surface area contributed by atoms with Crippen LogP contribution in [0.5, 0.6) is 0 Å². The van der Waals surface area contributed by atoms with Crippen molar-refractivity contribution >= 4 is 11.6 Å². The van der Waals surface area contributed by atoms with E-state index < -0.39 is 0 Å². The molecule has 0 saturated heterocycles.